The predicted molar refractivity (Wildman–Crippen MR) is 105 cm³/mol. The smallest absolute Gasteiger partial charge is 0.244 e. The summed E-state index contributed by atoms with van der Waals surface area (Å²) < 4.78 is 39.5. The second kappa shape index (κ2) is 9.16. The molecule has 0 radical (unpaired) electrons. The maximum atomic E-state index is 12.9. The fraction of sp³-hybridized carbons (Fsp3) is 0.278. The molecule has 0 saturated carbocycles. The van der Waals surface area contributed by atoms with Crippen LogP contribution in [0.1, 0.15) is 13.8 Å². The van der Waals surface area contributed by atoms with Crippen LogP contribution in [-0.4, -0.2) is 38.3 Å². The standard InChI is InChI=1S/C18H21ClFN3O3S/c1-3-23(4-2)27(25,26)17-11-15(9-10-16(17)19)21-12-18(24)22-14-7-5-13(20)6-8-14/h5-11,21H,3-4,12H2,1-2H3,(H,22,24). The van der Waals surface area contributed by atoms with E-state index >= 15 is 0 Å². The predicted octanol–water partition coefficient (Wildman–Crippen LogP) is 3.56. The van der Waals surface area contributed by atoms with Gasteiger partial charge in [-0.05, 0) is 42.5 Å². The third-order valence-corrected chi connectivity index (χ3v) is 6.37. The van der Waals surface area contributed by atoms with Gasteiger partial charge in [-0.25, -0.2) is 12.8 Å². The van der Waals surface area contributed by atoms with Gasteiger partial charge in [-0.3, -0.25) is 4.79 Å². The normalized spacial score (nSPS) is 11.4. The molecule has 0 spiro atoms. The molecular formula is C18H21ClFN3O3S. The Morgan fingerprint density at radius 1 is 1.07 bits per heavy atom. The van der Waals surface area contributed by atoms with Gasteiger partial charge in [0.1, 0.15) is 10.7 Å². The van der Waals surface area contributed by atoms with E-state index < -0.39 is 15.8 Å². The van der Waals surface area contributed by atoms with Crippen molar-refractivity contribution in [1.82, 2.24) is 4.31 Å². The number of anilines is 2. The lowest BCUT2D eigenvalue weighted by Gasteiger charge is -2.20. The van der Waals surface area contributed by atoms with Crippen LogP contribution in [0.4, 0.5) is 15.8 Å². The molecule has 0 atom stereocenters. The van der Waals surface area contributed by atoms with Crippen molar-refractivity contribution in [3.63, 3.8) is 0 Å². The first kappa shape index (κ1) is 21.1. The summed E-state index contributed by atoms with van der Waals surface area (Å²) in [5.74, 6) is -0.751. The molecule has 0 aromatic heterocycles. The minimum atomic E-state index is -3.72. The molecule has 2 aromatic rings. The highest BCUT2D eigenvalue weighted by Gasteiger charge is 2.24. The van der Waals surface area contributed by atoms with Crippen molar-refractivity contribution in [1.29, 1.82) is 0 Å². The molecule has 0 aliphatic carbocycles. The average Bonchev–Trinajstić information content (AvgIpc) is 2.63. The first-order valence-corrected chi connectivity index (χ1v) is 10.2. The lowest BCUT2D eigenvalue weighted by Crippen LogP contribution is -2.31. The average molecular weight is 414 g/mol. The van der Waals surface area contributed by atoms with Gasteiger partial charge >= 0.3 is 0 Å². The van der Waals surface area contributed by atoms with Gasteiger partial charge in [-0.15, -0.1) is 0 Å². The molecule has 27 heavy (non-hydrogen) atoms. The Bertz CT molecular complexity index is 901. The molecule has 1 amide bonds. The number of amides is 1. The number of rotatable bonds is 8. The molecule has 0 unspecified atom stereocenters. The maximum absolute atomic E-state index is 12.9. The third-order valence-electron chi connectivity index (χ3n) is 3.84. The number of nitrogens with zero attached hydrogens (tertiary/aromatic N) is 1. The van der Waals surface area contributed by atoms with Crippen LogP contribution in [0.2, 0.25) is 5.02 Å². The van der Waals surface area contributed by atoms with Crippen molar-refractivity contribution in [3.8, 4) is 0 Å². The van der Waals surface area contributed by atoms with E-state index in [1.807, 2.05) is 0 Å². The first-order valence-electron chi connectivity index (χ1n) is 8.37. The molecule has 0 fully saturated rings. The molecule has 0 aliphatic rings. The van der Waals surface area contributed by atoms with Crippen LogP contribution < -0.4 is 10.6 Å². The van der Waals surface area contributed by atoms with Crippen LogP contribution in [-0.2, 0) is 14.8 Å². The van der Waals surface area contributed by atoms with E-state index in [0.29, 0.717) is 24.5 Å². The summed E-state index contributed by atoms with van der Waals surface area (Å²) in [7, 11) is -3.72. The zero-order chi connectivity index (χ0) is 20.0. The van der Waals surface area contributed by atoms with Crippen molar-refractivity contribution < 1.29 is 17.6 Å². The summed E-state index contributed by atoms with van der Waals surface area (Å²) in [6, 6.07) is 9.85. The van der Waals surface area contributed by atoms with Crippen molar-refractivity contribution >= 4 is 38.9 Å². The number of carbonyl (C=O) groups excluding carboxylic acids is 1. The van der Waals surface area contributed by atoms with Gasteiger partial charge in [0.15, 0.2) is 0 Å². The van der Waals surface area contributed by atoms with Crippen LogP contribution in [0.5, 0.6) is 0 Å². The van der Waals surface area contributed by atoms with Crippen molar-refractivity contribution in [2.75, 3.05) is 30.3 Å². The maximum Gasteiger partial charge on any atom is 0.244 e. The molecule has 0 heterocycles. The zero-order valence-electron chi connectivity index (χ0n) is 15.0. The molecule has 2 N–H and O–H groups in total. The second-order valence-corrected chi connectivity index (χ2v) is 7.96. The summed E-state index contributed by atoms with van der Waals surface area (Å²) in [6.07, 6.45) is 0. The molecule has 2 aromatic carbocycles. The van der Waals surface area contributed by atoms with Gasteiger partial charge in [0.05, 0.1) is 11.6 Å². The third kappa shape index (κ3) is 5.41. The monoisotopic (exact) mass is 413 g/mol. The highest BCUT2D eigenvalue weighted by atomic mass is 35.5. The van der Waals surface area contributed by atoms with Crippen LogP contribution in [0.15, 0.2) is 47.4 Å². The molecule has 6 nitrogen and oxygen atoms in total. The van der Waals surface area contributed by atoms with Gasteiger partial charge < -0.3 is 10.6 Å². The summed E-state index contributed by atoms with van der Waals surface area (Å²) in [5, 5.41) is 5.59. The van der Waals surface area contributed by atoms with Gasteiger partial charge in [0.25, 0.3) is 0 Å². The van der Waals surface area contributed by atoms with Gasteiger partial charge in [-0.2, -0.15) is 4.31 Å². The first-order chi connectivity index (χ1) is 12.8. The molecule has 2 rings (SSSR count). The lowest BCUT2D eigenvalue weighted by molar-refractivity contribution is -0.114. The second-order valence-electron chi connectivity index (χ2n) is 5.64. The molecule has 0 bridgehead atoms. The van der Waals surface area contributed by atoms with Crippen molar-refractivity contribution in [3.05, 3.63) is 53.3 Å². The highest BCUT2D eigenvalue weighted by Crippen LogP contribution is 2.27. The van der Waals surface area contributed by atoms with E-state index in [9.17, 15) is 17.6 Å². The molecule has 9 heteroatoms. The summed E-state index contributed by atoms with van der Waals surface area (Å²) >= 11 is 6.08. The zero-order valence-corrected chi connectivity index (χ0v) is 16.6. The molecule has 146 valence electrons. The minimum absolute atomic E-state index is 0.0168. The summed E-state index contributed by atoms with van der Waals surface area (Å²) in [6.45, 7) is 4.05. The Balaban J connectivity index is 2.09. The van der Waals surface area contributed by atoms with E-state index in [1.54, 1.807) is 19.9 Å². The number of carbonyl (C=O) groups is 1. The summed E-state index contributed by atoms with van der Waals surface area (Å²) in [4.78, 5) is 12.0. The van der Waals surface area contributed by atoms with E-state index in [1.165, 1.54) is 40.7 Å². The number of hydrogen-bond donors (Lipinski definition) is 2. The Labute approximate surface area is 163 Å². The molecular weight excluding hydrogens is 393 g/mol. The van der Waals surface area contributed by atoms with Gasteiger partial charge in [-0.1, -0.05) is 25.4 Å². The molecule has 0 aliphatic heterocycles. The van der Waals surface area contributed by atoms with E-state index in [-0.39, 0.29) is 22.4 Å². The SMILES string of the molecule is CCN(CC)S(=O)(=O)c1cc(NCC(=O)Nc2ccc(F)cc2)ccc1Cl. The van der Waals surface area contributed by atoms with Crippen LogP contribution in [0, 0.1) is 5.82 Å². The Morgan fingerprint density at radius 2 is 1.67 bits per heavy atom. The van der Waals surface area contributed by atoms with Crippen molar-refractivity contribution in [2.45, 2.75) is 18.7 Å². The topological polar surface area (TPSA) is 78.5 Å². The van der Waals surface area contributed by atoms with E-state index in [2.05, 4.69) is 10.6 Å². The Morgan fingerprint density at radius 3 is 2.26 bits per heavy atom. The number of sulfonamides is 1. The fourth-order valence-corrected chi connectivity index (χ4v) is 4.39. The van der Waals surface area contributed by atoms with Gasteiger partial charge in [0.2, 0.25) is 15.9 Å². The minimum Gasteiger partial charge on any atom is -0.376 e. The van der Waals surface area contributed by atoms with Crippen molar-refractivity contribution in [2.24, 2.45) is 0 Å². The number of benzene rings is 2. The largest absolute Gasteiger partial charge is 0.376 e. The van der Waals surface area contributed by atoms with E-state index in [0.717, 1.165) is 0 Å². The number of nitrogens with one attached hydrogen (secondary N) is 2. The highest BCUT2D eigenvalue weighted by molar-refractivity contribution is 7.89. The molecule has 0 saturated heterocycles. The summed E-state index contributed by atoms with van der Waals surface area (Å²) in [5.41, 5.74) is 0.906. The fourth-order valence-electron chi connectivity index (χ4n) is 2.43. The number of hydrogen-bond acceptors (Lipinski definition) is 4. The Kier molecular flexibility index (Phi) is 7.18. The van der Waals surface area contributed by atoms with Crippen LogP contribution in [0.3, 0.4) is 0 Å². The van der Waals surface area contributed by atoms with E-state index in [4.69, 9.17) is 11.6 Å². The quantitative estimate of drug-likeness (QED) is 0.693. The number of halogens is 2. The van der Waals surface area contributed by atoms with Crippen LogP contribution >= 0.6 is 11.6 Å². The van der Waals surface area contributed by atoms with Gasteiger partial charge in [0, 0.05) is 24.5 Å². The van der Waals surface area contributed by atoms with Crippen LogP contribution in [0.25, 0.3) is 0 Å². The Hall–Kier alpha value is -2.16. The lowest BCUT2D eigenvalue weighted by atomic mass is 10.3.